The van der Waals surface area contributed by atoms with Crippen molar-refractivity contribution in [2.45, 2.75) is 63.8 Å². The van der Waals surface area contributed by atoms with Gasteiger partial charge in [0.25, 0.3) is 0 Å². The summed E-state index contributed by atoms with van der Waals surface area (Å²) in [5.74, 6) is 0.886. The van der Waals surface area contributed by atoms with Gasteiger partial charge in [-0.1, -0.05) is 12.8 Å². The smallest absolute Gasteiger partial charge is 0.137 e. The second kappa shape index (κ2) is 8.01. The Kier molecular flexibility index (Phi) is 6.32. The third-order valence-electron chi connectivity index (χ3n) is 4.77. The van der Waals surface area contributed by atoms with Crippen molar-refractivity contribution in [1.82, 2.24) is 4.90 Å². The van der Waals surface area contributed by atoms with Gasteiger partial charge in [0.15, 0.2) is 0 Å². The van der Waals surface area contributed by atoms with Crippen molar-refractivity contribution in [2.75, 3.05) is 26.8 Å². The first-order chi connectivity index (χ1) is 9.33. The topological polar surface area (TPSA) is 29.5 Å². The second-order valence-electron chi connectivity index (χ2n) is 6.12. The summed E-state index contributed by atoms with van der Waals surface area (Å²) in [6.45, 7) is 3.21. The van der Waals surface area contributed by atoms with Crippen LogP contribution in [0.25, 0.3) is 0 Å². The molecule has 1 aliphatic carbocycles. The number of ketones is 1. The molecule has 2 aliphatic rings. The number of likely N-dealkylation sites (tertiary alicyclic amines) is 1. The average Bonchev–Trinajstić information content (AvgIpc) is 2.45. The molecule has 2 atom stereocenters. The summed E-state index contributed by atoms with van der Waals surface area (Å²) < 4.78 is 5.12. The minimum Gasteiger partial charge on any atom is -0.385 e. The third kappa shape index (κ3) is 4.28. The van der Waals surface area contributed by atoms with Crippen molar-refractivity contribution < 1.29 is 9.53 Å². The van der Waals surface area contributed by atoms with Gasteiger partial charge in [-0.15, -0.1) is 0 Å². The Balaban J connectivity index is 1.85. The monoisotopic (exact) mass is 267 g/mol. The standard InChI is InChI=1S/C16H29NO2/c1-19-13-7-6-12-17-11-5-4-9-15(17)14-8-2-3-10-16(14)18/h14-15H,2-13H2,1H3. The number of methoxy groups -OCH3 is 1. The first-order valence-electron chi connectivity index (χ1n) is 8.08. The van der Waals surface area contributed by atoms with Crippen molar-refractivity contribution in [2.24, 2.45) is 5.92 Å². The Hall–Kier alpha value is -0.410. The van der Waals surface area contributed by atoms with E-state index in [2.05, 4.69) is 4.90 Å². The first-order valence-corrected chi connectivity index (χ1v) is 8.08. The number of rotatable bonds is 6. The van der Waals surface area contributed by atoms with Crippen LogP contribution in [0.4, 0.5) is 0 Å². The zero-order chi connectivity index (χ0) is 13.5. The maximum Gasteiger partial charge on any atom is 0.137 e. The van der Waals surface area contributed by atoms with E-state index in [0.717, 1.165) is 38.8 Å². The molecule has 0 spiro atoms. The summed E-state index contributed by atoms with van der Waals surface area (Å²) in [5.41, 5.74) is 0. The lowest BCUT2D eigenvalue weighted by Gasteiger charge is -2.41. The van der Waals surface area contributed by atoms with Gasteiger partial charge in [0.2, 0.25) is 0 Å². The van der Waals surface area contributed by atoms with E-state index in [9.17, 15) is 4.79 Å². The van der Waals surface area contributed by atoms with E-state index in [1.165, 1.54) is 38.6 Å². The maximum atomic E-state index is 12.2. The molecule has 3 nitrogen and oxygen atoms in total. The minimum atomic E-state index is 0.344. The fourth-order valence-electron chi connectivity index (χ4n) is 3.73. The summed E-state index contributed by atoms with van der Waals surface area (Å²) in [6, 6.07) is 0.545. The van der Waals surface area contributed by atoms with E-state index in [0.29, 0.717) is 17.7 Å². The molecule has 0 aromatic carbocycles. The SMILES string of the molecule is COCCCCN1CCCCC1C1CCCCC1=O. The average molecular weight is 267 g/mol. The van der Waals surface area contributed by atoms with Crippen LogP contribution < -0.4 is 0 Å². The molecule has 1 heterocycles. The molecule has 0 amide bonds. The Morgan fingerprint density at radius 2 is 2.00 bits per heavy atom. The van der Waals surface area contributed by atoms with Crippen LogP contribution in [-0.4, -0.2) is 43.5 Å². The number of Topliss-reactive ketones (excluding diaryl/α,β-unsaturated/α-hetero) is 1. The Morgan fingerprint density at radius 1 is 1.16 bits per heavy atom. The maximum absolute atomic E-state index is 12.2. The fraction of sp³-hybridized carbons (Fsp3) is 0.938. The van der Waals surface area contributed by atoms with E-state index < -0.39 is 0 Å². The number of ether oxygens (including phenoxy) is 1. The molecule has 1 saturated heterocycles. The lowest BCUT2D eigenvalue weighted by atomic mass is 9.79. The third-order valence-corrected chi connectivity index (χ3v) is 4.77. The molecule has 0 bridgehead atoms. The van der Waals surface area contributed by atoms with Crippen molar-refractivity contribution >= 4 is 5.78 Å². The molecule has 1 aliphatic heterocycles. The fourth-order valence-corrected chi connectivity index (χ4v) is 3.73. The molecule has 2 unspecified atom stereocenters. The molecule has 110 valence electrons. The Morgan fingerprint density at radius 3 is 2.79 bits per heavy atom. The normalized spacial score (nSPS) is 29.6. The van der Waals surface area contributed by atoms with Crippen LogP contribution in [0.3, 0.4) is 0 Å². The van der Waals surface area contributed by atoms with Crippen LogP contribution in [0.2, 0.25) is 0 Å². The van der Waals surface area contributed by atoms with Crippen molar-refractivity contribution in [3.05, 3.63) is 0 Å². The van der Waals surface area contributed by atoms with Gasteiger partial charge in [-0.2, -0.15) is 0 Å². The summed E-state index contributed by atoms with van der Waals surface area (Å²) >= 11 is 0. The predicted molar refractivity (Wildman–Crippen MR) is 77.3 cm³/mol. The van der Waals surface area contributed by atoms with E-state index >= 15 is 0 Å². The van der Waals surface area contributed by atoms with E-state index in [1.807, 2.05) is 0 Å². The number of unbranched alkanes of at least 4 members (excludes halogenated alkanes) is 1. The van der Waals surface area contributed by atoms with Gasteiger partial charge in [-0.05, 0) is 51.6 Å². The van der Waals surface area contributed by atoms with E-state index in [-0.39, 0.29) is 0 Å². The van der Waals surface area contributed by atoms with Crippen LogP contribution in [0.5, 0.6) is 0 Å². The van der Waals surface area contributed by atoms with Gasteiger partial charge in [-0.25, -0.2) is 0 Å². The molecule has 1 saturated carbocycles. The molecule has 19 heavy (non-hydrogen) atoms. The highest BCUT2D eigenvalue weighted by atomic mass is 16.5. The highest BCUT2D eigenvalue weighted by Gasteiger charge is 2.34. The number of carbonyl (C=O) groups excluding carboxylic acids is 1. The number of piperidine rings is 1. The minimum absolute atomic E-state index is 0.344. The van der Waals surface area contributed by atoms with Crippen LogP contribution in [-0.2, 0) is 9.53 Å². The van der Waals surface area contributed by atoms with Crippen LogP contribution in [0.15, 0.2) is 0 Å². The molecule has 2 fully saturated rings. The largest absolute Gasteiger partial charge is 0.385 e. The first kappa shape index (κ1) is 15.0. The number of carbonyl (C=O) groups is 1. The highest BCUT2D eigenvalue weighted by molar-refractivity contribution is 5.82. The van der Waals surface area contributed by atoms with Crippen molar-refractivity contribution in [1.29, 1.82) is 0 Å². The summed E-state index contributed by atoms with van der Waals surface area (Å²) in [5, 5.41) is 0. The number of hydrogen-bond acceptors (Lipinski definition) is 3. The van der Waals surface area contributed by atoms with Crippen LogP contribution in [0.1, 0.15) is 57.8 Å². The quantitative estimate of drug-likeness (QED) is 0.693. The zero-order valence-corrected chi connectivity index (χ0v) is 12.4. The number of nitrogens with zero attached hydrogens (tertiary/aromatic N) is 1. The molecule has 0 radical (unpaired) electrons. The second-order valence-corrected chi connectivity index (χ2v) is 6.12. The highest BCUT2D eigenvalue weighted by Crippen LogP contribution is 2.31. The van der Waals surface area contributed by atoms with Crippen molar-refractivity contribution in [3.63, 3.8) is 0 Å². The zero-order valence-electron chi connectivity index (χ0n) is 12.4. The van der Waals surface area contributed by atoms with Gasteiger partial charge in [0.1, 0.15) is 5.78 Å². The number of hydrogen-bond donors (Lipinski definition) is 0. The molecular formula is C16H29NO2. The van der Waals surface area contributed by atoms with Gasteiger partial charge in [-0.3, -0.25) is 9.69 Å². The summed E-state index contributed by atoms with van der Waals surface area (Å²) in [7, 11) is 1.77. The molecule has 3 heteroatoms. The molecule has 2 rings (SSSR count). The van der Waals surface area contributed by atoms with Crippen LogP contribution >= 0.6 is 0 Å². The molecular weight excluding hydrogens is 238 g/mol. The van der Waals surface area contributed by atoms with Crippen molar-refractivity contribution in [3.8, 4) is 0 Å². The van der Waals surface area contributed by atoms with Gasteiger partial charge in [0.05, 0.1) is 0 Å². The summed E-state index contributed by atoms with van der Waals surface area (Å²) in [6.07, 6.45) is 10.5. The molecule has 0 N–H and O–H groups in total. The molecule has 0 aromatic rings. The van der Waals surface area contributed by atoms with Gasteiger partial charge >= 0.3 is 0 Å². The lowest BCUT2D eigenvalue weighted by Crippen LogP contribution is -2.47. The van der Waals surface area contributed by atoms with E-state index in [1.54, 1.807) is 7.11 Å². The molecule has 0 aromatic heterocycles. The van der Waals surface area contributed by atoms with Crippen LogP contribution in [0, 0.1) is 5.92 Å². The Bertz CT molecular complexity index is 280. The van der Waals surface area contributed by atoms with Gasteiger partial charge in [0, 0.05) is 32.1 Å². The summed E-state index contributed by atoms with van der Waals surface area (Å²) in [4.78, 5) is 14.8. The predicted octanol–water partition coefficient (Wildman–Crippen LogP) is 3.03. The van der Waals surface area contributed by atoms with E-state index in [4.69, 9.17) is 4.74 Å². The Labute approximate surface area is 117 Å². The van der Waals surface area contributed by atoms with Gasteiger partial charge < -0.3 is 4.74 Å². The lowest BCUT2D eigenvalue weighted by molar-refractivity contribution is -0.127.